The van der Waals surface area contributed by atoms with Crippen molar-refractivity contribution >= 4 is 34.9 Å². The van der Waals surface area contributed by atoms with Crippen LogP contribution in [0.4, 0.5) is 5.69 Å². The third-order valence-electron chi connectivity index (χ3n) is 5.13. The van der Waals surface area contributed by atoms with Crippen LogP contribution in [-0.2, 0) is 4.74 Å². The van der Waals surface area contributed by atoms with E-state index in [0.29, 0.717) is 21.7 Å². The zero-order valence-electron chi connectivity index (χ0n) is 18.0. The van der Waals surface area contributed by atoms with Crippen molar-refractivity contribution in [3.8, 4) is 0 Å². The van der Waals surface area contributed by atoms with Crippen LogP contribution in [0.25, 0.3) is 0 Å². The molecule has 0 unspecified atom stereocenters. The summed E-state index contributed by atoms with van der Waals surface area (Å²) < 4.78 is 5.72. The molecule has 0 aromatic heterocycles. The van der Waals surface area contributed by atoms with Crippen molar-refractivity contribution in [1.29, 1.82) is 0 Å². The van der Waals surface area contributed by atoms with Crippen LogP contribution in [0, 0.1) is 0 Å². The van der Waals surface area contributed by atoms with Gasteiger partial charge in [-0.15, -0.1) is 0 Å². The normalized spacial score (nSPS) is 11.3. The summed E-state index contributed by atoms with van der Waals surface area (Å²) in [6, 6.07) is 30.3. The molecule has 0 heterocycles. The van der Waals surface area contributed by atoms with Crippen LogP contribution >= 0.6 is 11.6 Å². The van der Waals surface area contributed by atoms with Crippen LogP contribution < -0.4 is 5.32 Å². The van der Waals surface area contributed by atoms with Crippen LogP contribution in [-0.4, -0.2) is 17.7 Å². The highest BCUT2D eigenvalue weighted by Crippen LogP contribution is 2.27. The summed E-state index contributed by atoms with van der Waals surface area (Å²) in [5.74, 6) is -1.48. The molecule has 1 atom stereocenters. The number of rotatable bonds is 7. The molecule has 4 aromatic rings. The molecule has 0 radical (unpaired) electrons. The molecular weight excluding hydrogens is 450 g/mol. The lowest BCUT2D eigenvalue weighted by Crippen LogP contribution is -2.22. The molecule has 6 heteroatoms. The minimum absolute atomic E-state index is 0.131. The standard InChI is InChI=1S/C28H20ClNO4/c29-22-17-15-20(16-18-22)26(25(31)19-9-3-1-4-10-19)34-28(33)23-13-7-8-14-24(23)30-27(32)21-11-5-2-6-12-21/h1-18,26H,(H,30,32)/t26-/m0/s1. The van der Waals surface area contributed by atoms with Crippen LogP contribution in [0.3, 0.4) is 0 Å². The predicted molar refractivity (Wildman–Crippen MR) is 131 cm³/mol. The van der Waals surface area contributed by atoms with Gasteiger partial charge in [-0.1, -0.05) is 84.4 Å². The maximum absolute atomic E-state index is 13.3. The second-order valence-electron chi connectivity index (χ2n) is 7.43. The van der Waals surface area contributed by atoms with E-state index < -0.39 is 12.1 Å². The maximum Gasteiger partial charge on any atom is 0.341 e. The largest absolute Gasteiger partial charge is 0.445 e. The molecule has 0 saturated heterocycles. The topological polar surface area (TPSA) is 72.5 Å². The quantitative estimate of drug-likeness (QED) is 0.252. The molecule has 0 bridgehead atoms. The Kier molecular flexibility index (Phi) is 7.16. The van der Waals surface area contributed by atoms with E-state index in [4.69, 9.17) is 16.3 Å². The Morgan fingerprint density at radius 3 is 1.88 bits per heavy atom. The molecule has 0 spiro atoms. The van der Waals surface area contributed by atoms with Crippen LogP contribution in [0.15, 0.2) is 109 Å². The number of Topliss-reactive ketones (excluding diaryl/α,β-unsaturated/α-hetero) is 1. The Morgan fingerprint density at radius 1 is 0.676 bits per heavy atom. The second-order valence-corrected chi connectivity index (χ2v) is 7.87. The molecule has 4 rings (SSSR count). The average molecular weight is 470 g/mol. The number of amides is 1. The van der Waals surface area contributed by atoms with Crippen molar-refractivity contribution < 1.29 is 19.1 Å². The van der Waals surface area contributed by atoms with Gasteiger partial charge in [-0.3, -0.25) is 9.59 Å². The Morgan fingerprint density at radius 2 is 1.24 bits per heavy atom. The van der Waals surface area contributed by atoms with E-state index in [0.717, 1.165) is 0 Å². The fraction of sp³-hybridized carbons (Fsp3) is 0.0357. The van der Waals surface area contributed by atoms with Crippen molar-refractivity contribution in [2.75, 3.05) is 5.32 Å². The number of halogens is 1. The lowest BCUT2D eigenvalue weighted by atomic mass is 9.99. The van der Waals surface area contributed by atoms with E-state index >= 15 is 0 Å². The number of para-hydroxylation sites is 1. The van der Waals surface area contributed by atoms with E-state index in [-0.39, 0.29) is 22.9 Å². The van der Waals surface area contributed by atoms with Gasteiger partial charge < -0.3 is 10.1 Å². The van der Waals surface area contributed by atoms with Gasteiger partial charge in [0.2, 0.25) is 5.78 Å². The lowest BCUT2D eigenvalue weighted by Gasteiger charge is -2.19. The first kappa shape index (κ1) is 23.0. The van der Waals surface area contributed by atoms with Gasteiger partial charge >= 0.3 is 5.97 Å². The van der Waals surface area contributed by atoms with E-state index in [1.54, 1.807) is 97.1 Å². The second kappa shape index (κ2) is 10.6. The number of ether oxygens (including phenoxy) is 1. The predicted octanol–water partition coefficient (Wildman–Crippen LogP) is 6.37. The number of ketones is 1. The zero-order valence-corrected chi connectivity index (χ0v) is 18.7. The van der Waals surface area contributed by atoms with Gasteiger partial charge in [0.05, 0.1) is 11.3 Å². The van der Waals surface area contributed by atoms with Crippen molar-refractivity contribution in [2.45, 2.75) is 6.10 Å². The van der Waals surface area contributed by atoms with E-state index in [1.165, 1.54) is 6.07 Å². The Labute approximate surface area is 202 Å². The summed E-state index contributed by atoms with van der Waals surface area (Å²) in [5.41, 5.74) is 1.75. The Hall–Kier alpha value is -4.22. The lowest BCUT2D eigenvalue weighted by molar-refractivity contribution is 0.0281. The fourth-order valence-corrected chi connectivity index (χ4v) is 3.51. The van der Waals surface area contributed by atoms with Gasteiger partial charge in [0, 0.05) is 21.7 Å². The summed E-state index contributed by atoms with van der Waals surface area (Å²) in [5, 5.41) is 3.24. The van der Waals surface area contributed by atoms with E-state index in [9.17, 15) is 14.4 Å². The Bertz CT molecular complexity index is 1310. The molecule has 5 nitrogen and oxygen atoms in total. The molecule has 4 aromatic carbocycles. The zero-order chi connectivity index (χ0) is 23.9. The molecular formula is C28H20ClNO4. The first-order valence-corrected chi connectivity index (χ1v) is 10.9. The number of anilines is 1. The molecule has 34 heavy (non-hydrogen) atoms. The number of carbonyl (C=O) groups is 3. The number of hydrogen-bond donors (Lipinski definition) is 1. The molecule has 0 aliphatic carbocycles. The maximum atomic E-state index is 13.3. The molecule has 0 fully saturated rings. The monoisotopic (exact) mass is 469 g/mol. The minimum Gasteiger partial charge on any atom is -0.445 e. The van der Waals surface area contributed by atoms with Gasteiger partial charge in [0.25, 0.3) is 5.91 Å². The minimum atomic E-state index is -1.19. The van der Waals surface area contributed by atoms with Crippen molar-refractivity contribution in [1.82, 2.24) is 0 Å². The third kappa shape index (κ3) is 5.39. The Balaban J connectivity index is 1.62. The van der Waals surface area contributed by atoms with E-state index in [1.807, 2.05) is 6.07 Å². The average Bonchev–Trinajstić information content (AvgIpc) is 2.88. The number of benzene rings is 4. The SMILES string of the molecule is O=C(Nc1ccccc1C(=O)O[C@H](C(=O)c1ccccc1)c1ccc(Cl)cc1)c1ccccc1. The summed E-state index contributed by atoms with van der Waals surface area (Å²) >= 11 is 6.00. The highest BCUT2D eigenvalue weighted by molar-refractivity contribution is 6.30. The number of esters is 1. The summed E-state index contributed by atoms with van der Waals surface area (Å²) in [6.07, 6.45) is -1.19. The summed E-state index contributed by atoms with van der Waals surface area (Å²) in [7, 11) is 0. The van der Waals surface area contributed by atoms with Crippen LogP contribution in [0.5, 0.6) is 0 Å². The highest BCUT2D eigenvalue weighted by atomic mass is 35.5. The fourth-order valence-electron chi connectivity index (χ4n) is 3.39. The molecule has 1 amide bonds. The summed E-state index contributed by atoms with van der Waals surface area (Å²) in [4.78, 5) is 39.1. The van der Waals surface area contributed by atoms with Crippen molar-refractivity contribution in [3.63, 3.8) is 0 Å². The van der Waals surface area contributed by atoms with Crippen molar-refractivity contribution in [3.05, 3.63) is 136 Å². The number of carbonyl (C=O) groups excluding carboxylic acids is 3. The van der Waals surface area contributed by atoms with Crippen LogP contribution in [0.1, 0.15) is 42.7 Å². The number of nitrogens with one attached hydrogen (secondary N) is 1. The smallest absolute Gasteiger partial charge is 0.341 e. The van der Waals surface area contributed by atoms with E-state index in [2.05, 4.69) is 5.32 Å². The molecule has 1 N–H and O–H groups in total. The third-order valence-corrected chi connectivity index (χ3v) is 5.38. The van der Waals surface area contributed by atoms with Gasteiger partial charge in [0.1, 0.15) is 0 Å². The molecule has 0 aliphatic rings. The molecule has 168 valence electrons. The van der Waals surface area contributed by atoms with Crippen molar-refractivity contribution in [2.24, 2.45) is 0 Å². The van der Waals surface area contributed by atoms with Gasteiger partial charge in [-0.25, -0.2) is 4.79 Å². The van der Waals surface area contributed by atoms with Crippen LogP contribution in [0.2, 0.25) is 5.02 Å². The van der Waals surface area contributed by atoms with Gasteiger partial charge in [-0.2, -0.15) is 0 Å². The molecule has 0 aliphatic heterocycles. The first-order chi connectivity index (χ1) is 16.5. The van der Waals surface area contributed by atoms with Gasteiger partial charge in [-0.05, 0) is 36.4 Å². The number of hydrogen-bond acceptors (Lipinski definition) is 4. The molecule has 0 saturated carbocycles. The highest BCUT2D eigenvalue weighted by Gasteiger charge is 2.28. The van der Waals surface area contributed by atoms with Gasteiger partial charge in [0.15, 0.2) is 6.10 Å². The summed E-state index contributed by atoms with van der Waals surface area (Å²) in [6.45, 7) is 0. The first-order valence-electron chi connectivity index (χ1n) is 10.5.